The Hall–Kier alpha value is -10.3. The molecule has 12 aromatic rings. The number of carbonyl (C=O) groups excluding carboxylic acids is 4. The van der Waals surface area contributed by atoms with Crippen molar-refractivity contribution >= 4 is 174 Å². The van der Waals surface area contributed by atoms with Gasteiger partial charge in [-0.1, -0.05) is 195 Å². The average Bonchev–Trinajstić information content (AvgIpc) is 0.765. The number of aryl methyl sites for hydroxylation is 1. The molecule has 556 valence electrons. The number of aliphatic hydroxyl groups is 1. The minimum atomic E-state index is -1.17. The fourth-order valence-corrected chi connectivity index (χ4v) is 15.9. The number of phenolic OH excluding ortho intramolecular Hbond substituents is 1. The number of aliphatic hydroxyl groups excluding tert-OH is 1. The molecule has 4 aliphatic rings. The summed E-state index contributed by atoms with van der Waals surface area (Å²) < 4.78 is 69.4. The maximum absolute atomic E-state index is 14.5. The highest BCUT2D eigenvalue weighted by Gasteiger charge is 2.36. The van der Waals surface area contributed by atoms with Gasteiger partial charge in [-0.25, -0.2) is 41.1 Å². The number of amides is 8. The Balaban J connectivity index is 0.000000129. The number of anilines is 8. The summed E-state index contributed by atoms with van der Waals surface area (Å²) in [6.07, 6.45) is 0. The third kappa shape index (κ3) is 15.3. The Kier molecular flexibility index (Phi) is 23.5. The van der Waals surface area contributed by atoms with Crippen LogP contribution in [0.25, 0.3) is 44.5 Å². The zero-order chi connectivity index (χ0) is 78.1. The molecule has 0 aliphatic carbocycles. The summed E-state index contributed by atoms with van der Waals surface area (Å²) in [7, 11) is 0. The largest absolute Gasteiger partial charge is 0.507 e. The summed E-state index contributed by atoms with van der Waals surface area (Å²) in [6.45, 7) is 2.62. The van der Waals surface area contributed by atoms with Crippen LogP contribution in [0.15, 0.2) is 212 Å². The van der Waals surface area contributed by atoms with Crippen LogP contribution in [0.5, 0.6) is 5.75 Å². The van der Waals surface area contributed by atoms with Crippen LogP contribution in [0, 0.1) is 36.0 Å². The molecule has 0 aromatic heterocycles. The van der Waals surface area contributed by atoms with E-state index >= 15 is 0 Å². The molecule has 0 unspecified atom stereocenters. The summed E-state index contributed by atoms with van der Waals surface area (Å²) in [5, 5.41) is 34.3. The van der Waals surface area contributed by atoms with Gasteiger partial charge in [0.25, 0.3) is 0 Å². The second kappa shape index (κ2) is 33.1. The summed E-state index contributed by atoms with van der Waals surface area (Å²) in [5.74, 6) is -4.28. The standard InChI is InChI=1S/C21H15Cl3N2O2.C21H15Cl2FN2O.C20H12Cl2F2N2O2.C20H12Cl2F2N2O/c22-16-6-1-4-13(15(16)11-27)12-5-2-9-19-14(12)10-25-21(28)26(19)20-17(23)7-3-8-18(20)24;1-12-10-13(24)8-9-14(12)15-4-2-7-19-16(15)11-25-21(27)26(19)20-17(22)5-3-6-18(20)23;21-12-4-2-5-13(22)19(12)26-15-6-1-3-10(11(15)9-25-20(26)28)17-16(27)8-7-14(23)18(17)24;21-15-4-2-5-16(22)19(15)26-18-6-1-3-12(14(18)10-25-20(26)27)13-8-7-11(23)9-17(13)24/h1-9,27H,10-11H2,(H,25,28);2-10H,11H2,1H3,(H,25,27);1-8,27H,9H2,(H,25,28);1-9H,10H2,(H,25,27). The fourth-order valence-electron chi connectivity index (χ4n) is 13.4. The first-order chi connectivity index (χ1) is 52.9. The lowest BCUT2D eigenvalue weighted by molar-refractivity contribution is 0.246. The van der Waals surface area contributed by atoms with Crippen LogP contribution in [0.1, 0.15) is 33.4 Å². The summed E-state index contributed by atoms with van der Waals surface area (Å²) >= 11 is 56.8. The van der Waals surface area contributed by atoms with E-state index in [9.17, 15) is 51.3 Å². The minimum Gasteiger partial charge on any atom is -0.507 e. The lowest BCUT2D eigenvalue weighted by atomic mass is 9.93. The van der Waals surface area contributed by atoms with Crippen molar-refractivity contribution in [1.29, 1.82) is 0 Å². The van der Waals surface area contributed by atoms with E-state index in [1.165, 1.54) is 43.9 Å². The minimum absolute atomic E-state index is 0.0539. The zero-order valence-electron chi connectivity index (χ0n) is 56.9. The molecule has 0 fully saturated rings. The van der Waals surface area contributed by atoms with E-state index in [1.807, 2.05) is 55.5 Å². The number of aromatic hydroxyl groups is 1. The second-order valence-electron chi connectivity index (χ2n) is 24.7. The van der Waals surface area contributed by atoms with Crippen molar-refractivity contribution in [2.75, 3.05) is 19.6 Å². The number of benzene rings is 12. The molecule has 4 aliphatic heterocycles. The van der Waals surface area contributed by atoms with Crippen molar-refractivity contribution in [3.05, 3.63) is 320 Å². The van der Waals surface area contributed by atoms with E-state index in [-0.39, 0.29) is 70.0 Å². The van der Waals surface area contributed by atoms with E-state index in [0.717, 1.165) is 57.1 Å². The molecule has 6 N–H and O–H groups in total. The molecule has 0 saturated heterocycles. The highest BCUT2D eigenvalue weighted by molar-refractivity contribution is 6.43. The smallest absolute Gasteiger partial charge is 0.326 e. The quantitative estimate of drug-likeness (QED) is 0.0786. The van der Waals surface area contributed by atoms with E-state index in [1.54, 1.807) is 121 Å². The molecule has 28 heteroatoms. The molecule has 0 saturated carbocycles. The molecular formula is C82H54Cl9F5N8O6. The lowest BCUT2D eigenvalue weighted by Crippen LogP contribution is -2.41. The van der Waals surface area contributed by atoms with Gasteiger partial charge in [0.2, 0.25) is 0 Å². The van der Waals surface area contributed by atoms with Gasteiger partial charge in [0.05, 0.1) is 97.9 Å². The number of fused-ring (bicyclic) bond motifs is 4. The molecule has 4 heterocycles. The first-order valence-electron chi connectivity index (χ1n) is 33.2. The van der Waals surface area contributed by atoms with Crippen molar-refractivity contribution in [3.8, 4) is 50.3 Å². The highest BCUT2D eigenvalue weighted by atomic mass is 35.5. The van der Waals surface area contributed by atoms with Crippen LogP contribution in [0.4, 0.5) is 86.6 Å². The first kappa shape index (κ1) is 77.9. The van der Waals surface area contributed by atoms with Gasteiger partial charge >= 0.3 is 24.1 Å². The van der Waals surface area contributed by atoms with Crippen molar-refractivity contribution < 1.29 is 51.3 Å². The van der Waals surface area contributed by atoms with Crippen molar-refractivity contribution in [1.82, 2.24) is 21.3 Å². The van der Waals surface area contributed by atoms with Gasteiger partial charge in [0.15, 0.2) is 11.6 Å². The molecule has 12 aromatic carbocycles. The summed E-state index contributed by atoms with van der Waals surface area (Å²) in [4.78, 5) is 56.2. The second-order valence-corrected chi connectivity index (χ2v) is 28.4. The Bertz CT molecular complexity index is 5480. The predicted octanol–water partition coefficient (Wildman–Crippen LogP) is 24.9. The zero-order valence-corrected chi connectivity index (χ0v) is 63.7. The average molecular weight is 1660 g/mol. The Labute approximate surface area is 671 Å². The SMILES string of the molecule is Cc1cc(F)ccc1-c1cccc2c1CNC(=O)N2c1c(Cl)cccc1Cl.O=C1NCc2c(-c3c(O)ccc(F)c3F)cccc2N1c1c(Cl)cccc1Cl.O=C1NCc2c(-c3ccc(F)cc3F)cccc2N1c1c(Cl)cccc1Cl.O=C1NCc2c(-c3cccc(Cl)c3CO)cccc2N1c1c(Cl)cccc1Cl. The molecule has 0 atom stereocenters. The number of nitrogens with one attached hydrogen (secondary N) is 4. The van der Waals surface area contributed by atoms with Gasteiger partial charge < -0.3 is 31.5 Å². The van der Waals surface area contributed by atoms with Crippen LogP contribution in [-0.4, -0.2) is 34.3 Å². The highest BCUT2D eigenvalue weighted by Crippen LogP contribution is 2.50. The van der Waals surface area contributed by atoms with Crippen LogP contribution in [0.2, 0.25) is 45.2 Å². The number of hydrogen-bond acceptors (Lipinski definition) is 6. The third-order valence-electron chi connectivity index (χ3n) is 18.3. The van der Waals surface area contributed by atoms with Crippen molar-refractivity contribution in [2.24, 2.45) is 0 Å². The summed E-state index contributed by atoms with van der Waals surface area (Å²) in [6, 6.07) is 55.3. The van der Waals surface area contributed by atoms with Gasteiger partial charge in [-0.3, -0.25) is 19.6 Å². The van der Waals surface area contributed by atoms with Gasteiger partial charge in [-0.15, -0.1) is 0 Å². The molecule has 0 spiro atoms. The molecule has 16 rings (SSSR count). The normalized spacial score (nSPS) is 13.3. The maximum Gasteiger partial charge on any atom is 0.326 e. The Morgan fingerprint density at radius 2 is 0.636 bits per heavy atom. The number of para-hydroxylation sites is 4. The number of nitrogens with zero attached hydrogens (tertiary/aromatic N) is 4. The van der Waals surface area contributed by atoms with Gasteiger partial charge in [0, 0.05) is 70.6 Å². The van der Waals surface area contributed by atoms with Crippen molar-refractivity contribution in [2.45, 2.75) is 39.7 Å². The number of carbonyl (C=O) groups is 4. The monoisotopic (exact) mass is 1660 g/mol. The first-order valence-corrected chi connectivity index (χ1v) is 36.6. The topological polar surface area (TPSA) is 170 Å². The number of urea groups is 4. The lowest BCUT2D eigenvalue weighted by Gasteiger charge is -2.32. The number of halogens is 14. The molecular weight excluding hydrogens is 1610 g/mol. The molecule has 14 nitrogen and oxygen atoms in total. The molecule has 0 bridgehead atoms. The van der Waals surface area contributed by atoms with E-state index in [2.05, 4.69) is 21.3 Å². The van der Waals surface area contributed by atoms with Crippen LogP contribution in [-0.2, 0) is 32.8 Å². The Morgan fingerprint density at radius 1 is 0.336 bits per heavy atom. The molecule has 0 radical (unpaired) electrons. The van der Waals surface area contributed by atoms with Crippen LogP contribution >= 0.6 is 104 Å². The van der Waals surface area contributed by atoms with Gasteiger partial charge in [0.1, 0.15) is 23.2 Å². The number of phenols is 1. The fraction of sp³-hybridized carbons (Fsp3) is 0.0732. The van der Waals surface area contributed by atoms with E-state index < -0.39 is 41.1 Å². The van der Waals surface area contributed by atoms with Gasteiger partial charge in [-0.05, 0) is 161 Å². The van der Waals surface area contributed by atoms with Crippen LogP contribution in [0.3, 0.4) is 0 Å². The molecule has 8 amide bonds. The molecule has 110 heavy (non-hydrogen) atoms. The van der Waals surface area contributed by atoms with Crippen LogP contribution < -0.4 is 40.9 Å². The third-order valence-corrected chi connectivity index (χ3v) is 21.1. The number of rotatable bonds is 9. The van der Waals surface area contributed by atoms with E-state index in [4.69, 9.17) is 104 Å². The van der Waals surface area contributed by atoms with E-state index in [0.29, 0.717) is 110 Å². The predicted molar refractivity (Wildman–Crippen MR) is 428 cm³/mol. The van der Waals surface area contributed by atoms with Gasteiger partial charge in [-0.2, -0.15) is 0 Å². The Morgan fingerprint density at radius 3 is 1.00 bits per heavy atom. The summed E-state index contributed by atoms with van der Waals surface area (Å²) in [5.41, 5.74) is 12.5. The maximum atomic E-state index is 14.5. The number of hydrogen-bond donors (Lipinski definition) is 6. The van der Waals surface area contributed by atoms with Crippen molar-refractivity contribution in [3.63, 3.8) is 0 Å².